The van der Waals surface area contributed by atoms with Gasteiger partial charge in [-0.15, -0.1) is 0 Å². The van der Waals surface area contributed by atoms with Gasteiger partial charge in [0.1, 0.15) is 5.84 Å². The Bertz CT molecular complexity index is 238. The minimum absolute atomic E-state index is 0.188. The van der Waals surface area contributed by atoms with E-state index in [1.165, 1.54) is 0 Å². The number of halogens is 2. The predicted octanol–water partition coefficient (Wildman–Crippen LogP) is 1.10. The zero-order valence-electron chi connectivity index (χ0n) is 8.79. The second-order valence-electron chi connectivity index (χ2n) is 4.24. The van der Waals surface area contributed by atoms with Crippen LogP contribution in [0.2, 0.25) is 0 Å². The van der Waals surface area contributed by atoms with E-state index in [0.29, 0.717) is 25.9 Å². The molecule has 0 aromatic carbocycles. The van der Waals surface area contributed by atoms with E-state index in [-0.39, 0.29) is 17.8 Å². The molecule has 0 aliphatic carbocycles. The summed E-state index contributed by atoms with van der Waals surface area (Å²) in [6, 6.07) is 0. The van der Waals surface area contributed by atoms with Crippen molar-refractivity contribution < 1.29 is 14.0 Å². The van der Waals surface area contributed by atoms with Gasteiger partial charge in [0.25, 0.3) is 6.43 Å². The van der Waals surface area contributed by atoms with Crippen molar-refractivity contribution in [1.29, 1.82) is 0 Å². The van der Waals surface area contributed by atoms with Crippen molar-refractivity contribution in [3.05, 3.63) is 0 Å². The minimum Gasteiger partial charge on any atom is -0.409 e. The fourth-order valence-corrected chi connectivity index (χ4v) is 1.80. The number of likely N-dealkylation sites (tertiary alicyclic amines) is 1. The lowest BCUT2D eigenvalue weighted by Crippen LogP contribution is -2.46. The van der Waals surface area contributed by atoms with Gasteiger partial charge in [-0.25, -0.2) is 8.78 Å². The third-order valence-corrected chi connectivity index (χ3v) is 3.08. The van der Waals surface area contributed by atoms with E-state index in [9.17, 15) is 8.78 Å². The van der Waals surface area contributed by atoms with Gasteiger partial charge in [0.2, 0.25) is 0 Å². The van der Waals surface area contributed by atoms with Crippen LogP contribution in [0.25, 0.3) is 0 Å². The molecule has 1 aliphatic heterocycles. The summed E-state index contributed by atoms with van der Waals surface area (Å²) >= 11 is 0. The van der Waals surface area contributed by atoms with Gasteiger partial charge in [-0.3, -0.25) is 4.90 Å². The highest BCUT2D eigenvalue weighted by Crippen LogP contribution is 2.31. The molecule has 4 nitrogen and oxygen atoms in total. The van der Waals surface area contributed by atoms with Crippen molar-refractivity contribution in [2.75, 3.05) is 19.6 Å². The number of oxime groups is 1. The lowest BCUT2D eigenvalue weighted by Gasteiger charge is -2.38. The third kappa shape index (κ3) is 3.02. The number of nitrogens with zero attached hydrogens (tertiary/aromatic N) is 2. The Morgan fingerprint density at radius 2 is 2.07 bits per heavy atom. The molecule has 3 N–H and O–H groups in total. The normalized spacial score (nSPS) is 23.3. The number of amidine groups is 1. The highest BCUT2D eigenvalue weighted by Gasteiger charge is 2.34. The van der Waals surface area contributed by atoms with E-state index in [2.05, 4.69) is 5.16 Å². The summed E-state index contributed by atoms with van der Waals surface area (Å²) < 4.78 is 24.2. The molecule has 1 saturated heterocycles. The first-order chi connectivity index (χ1) is 6.98. The number of hydrogen-bond donors (Lipinski definition) is 2. The van der Waals surface area contributed by atoms with Crippen molar-refractivity contribution in [2.24, 2.45) is 16.3 Å². The molecule has 0 radical (unpaired) electrons. The topological polar surface area (TPSA) is 61.9 Å². The molecule has 6 heteroatoms. The highest BCUT2D eigenvalue weighted by atomic mass is 19.3. The molecule has 1 heterocycles. The Hall–Kier alpha value is -0.910. The van der Waals surface area contributed by atoms with Gasteiger partial charge in [-0.05, 0) is 25.9 Å². The molecule has 0 bridgehead atoms. The van der Waals surface area contributed by atoms with Gasteiger partial charge in [-0.1, -0.05) is 12.1 Å². The standard InChI is InChI=1S/C9H17F2N3O/c1-9(8(12)13-15)2-4-14(5-3-9)6-7(10)11/h7,15H,2-6H2,1H3,(H2,12,13). The van der Waals surface area contributed by atoms with Crippen LogP contribution in [0.3, 0.4) is 0 Å². The Kier molecular flexibility index (Phi) is 3.84. The summed E-state index contributed by atoms with van der Waals surface area (Å²) in [6.45, 7) is 2.84. The molecule has 1 fully saturated rings. The Balaban J connectivity index is 2.48. The molecule has 88 valence electrons. The van der Waals surface area contributed by atoms with Crippen LogP contribution < -0.4 is 5.73 Å². The van der Waals surface area contributed by atoms with Crippen LogP contribution in [0.4, 0.5) is 8.78 Å². The summed E-state index contributed by atoms with van der Waals surface area (Å²) in [4.78, 5) is 1.71. The molecule has 0 amide bonds. The van der Waals surface area contributed by atoms with Crippen LogP contribution in [0.1, 0.15) is 19.8 Å². The van der Waals surface area contributed by atoms with Crippen LogP contribution in [-0.2, 0) is 0 Å². The smallest absolute Gasteiger partial charge is 0.251 e. The lowest BCUT2D eigenvalue weighted by molar-refractivity contribution is 0.0627. The minimum atomic E-state index is -2.29. The second-order valence-corrected chi connectivity index (χ2v) is 4.24. The van der Waals surface area contributed by atoms with Crippen LogP contribution in [0.15, 0.2) is 5.16 Å². The lowest BCUT2D eigenvalue weighted by atomic mass is 9.79. The molecule has 0 unspecified atom stereocenters. The summed E-state index contributed by atoms with van der Waals surface area (Å²) in [7, 11) is 0. The third-order valence-electron chi connectivity index (χ3n) is 3.08. The van der Waals surface area contributed by atoms with Crippen molar-refractivity contribution in [3.63, 3.8) is 0 Å². The van der Waals surface area contributed by atoms with Crippen LogP contribution in [0.5, 0.6) is 0 Å². The van der Waals surface area contributed by atoms with Crippen molar-refractivity contribution in [2.45, 2.75) is 26.2 Å². The monoisotopic (exact) mass is 221 g/mol. The number of nitrogens with two attached hydrogens (primary N) is 1. The van der Waals surface area contributed by atoms with Crippen LogP contribution in [0, 0.1) is 5.41 Å². The molecule has 0 spiro atoms. The van der Waals surface area contributed by atoms with Crippen molar-refractivity contribution >= 4 is 5.84 Å². The number of hydrogen-bond acceptors (Lipinski definition) is 3. The van der Waals surface area contributed by atoms with E-state index < -0.39 is 6.43 Å². The first-order valence-electron chi connectivity index (χ1n) is 4.96. The van der Waals surface area contributed by atoms with Crippen molar-refractivity contribution in [3.8, 4) is 0 Å². The Labute approximate surface area is 87.7 Å². The van der Waals surface area contributed by atoms with Gasteiger partial charge in [0, 0.05) is 5.41 Å². The van der Waals surface area contributed by atoms with Gasteiger partial charge in [0.05, 0.1) is 6.54 Å². The molecular formula is C9H17F2N3O. The average molecular weight is 221 g/mol. The first-order valence-corrected chi connectivity index (χ1v) is 4.96. The van der Waals surface area contributed by atoms with E-state index >= 15 is 0 Å². The van der Waals surface area contributed by atoms with Gasteiger partial charge in [-0.2, -0.15) is 0 Å². The molecule has 1 aliphatic rings. The SMILES string of the molecule is CC1(C(N)=NO)CCN(CC(F)F)CC1. The van der Waals surface area contributed by atoms with E-state index in [1.54, 1.807) is 4.90 Å². The number of piperidine rings is 1. The van der Waals surface area contributed by atoms with Gasteiger partial charge in [0.15, 0.2) is 0 Å². The second kappa shape index (κ2) is 4.74. The summed E-state index contributed by atoms with van der Waals surface area (Å²) in [5.74, 6) is 0.194. The quantitative estimate of drug-likeness (QED) is 0.325. The summed E-state index contributed by atoms with van der Waals surface area (Å²) in [5, 5.41) is 11.6. The maximum atomic E-state index is 12.1. The fourth-order valence-electron chi connectivity index (χ4n) is 1.80. The Morgan fingerprint density at radius 3 is 2.47 bits per heavy atom. The average Bonchev–Trinajstić information content (AvgIpc) is 2.20. The molecule has 0 aromatic rings. The molecule has 15 heavy (non-hydrogen) atoms. The predicted molar refractivity (Wildman–Crippen MR) is 53.2 cm³/mol. The van der Waals surface area contributed by atoms with Gasteiger partial charge >= 0.3 is 0 Å². The maximum Gasteiger partial charge on any atom is 0.251 e. The molecule has 0 aromatic heterocycles. The van der Waals surface area contributed by atoms with Crippen LogP contribution >= 0.6 is 0 Å². The zero-order chi connectivity index (χ0) is 11.5. The van der Waals surface area contributed by atoms with Gasteiger partial charge < -0.3 is 10.9 Å². The fraction of sp³-hybridized carbons (Fsp3) is 0.889. The maximum absolute atomic E-state index is 12.1. The van der Waals surface area contributed by atoms with E-state index in [4.69, 9.17) is 10.9 Å². The highest BCUT2D eigenvalue weighted by molar-refractivity contribution is 5.85. The molecule has 1 rings (SSSR count). The molecule has 0 saturated carbocycles. The van der Waals surface area contributed by atoms with E-state index in [1.807, 2.05) is 6.92 Å². The largest absolute Gasteiger partial charge is 0.409 e. The first kappa shape index (κ1) is 12.2. The zero-order valence-corrected chi connectivity index (χ0v) is 8.79. The number of alkyl halides is 2. The van der Waals surface area contributed by atoms with Crippen molar-refractivity contribution in [1.82, 2.24) is 4.90 Å². The van der Waals surface area contributed by atoms with Crippen LogP contribution in [-0.4, -0.2) is 42.0 Å². The molecular weight excluding hydrogens is 204 g/mol. The summed E-state index contributed by atoms with van der Waals surface area (Å²) in [5.41, 5.74) is 5.21. The summed E-state index contributed by atoms with van der Waals surface area (Å²) in [6.07, 6.45) is -0.996. The van der Waals surface area contributed by atoms with E-state index in [0.717, 1.165) is 0 Å². The number of rotatable bonds is 3. The molecule has 0 atom stereocenters. The Morgan fingerprint density at radius 1 is 1.53 bits per heavy atom.